The summed E-state index contributed by atoms with van der Waals surface area (Å²) in [6.07, 6.45) is -6.20. The van der Waals surface area contributed by atoms with Gasteiger partial charge in [0.15, 0.2) is 0 Å². The fraction of sp³-hybridized carbons (Fsp3) is 0.519. The number of carboxylic acid groups (broad SMARTS) is 1. The summed E-state index contributed by atoms with van der Waals surface area (Å²) < 4.78 is 84.7. The first-order valence-corrected chi connectivity index (χ1v) is 12.3. The summed E-state index contributed by atoms with van der Waals surface area (Å²) in [5.41, 5.74) is -1.68. The number of hydrogen-bond acceptors (Lipinski definition) is 3. The summed E-state index contributed by atoms with van der Waals surface area (Å²) in [6, 6.07) is 8.81. The van der Waals surface area contributed by atoms with Crippen LogP contribution in [0.4, 0.5) is 26.3 Å². The van der Waals surface area contributed by atoms with Gasteiger partial charge in [-0.1, -0.05) is 19.1 Å². The Kier molecular flexibility index (Phi) is 7.78. The Hall–Kier alpha value is -2.75. The van der Waals surface area contributed by atoms with E-state index < -0.39 is 40.9 Å². The van der Waals surface area contributed by atoms with E-state index in [2.05, 4.69) is 5.32 Å². The van der Waals surface area contributed by atoms with Crippen LogP contribution in [0.2, 0.25) is 0 Å². The molecule has 2 atom stereocenters. The van der Waals surface area contributed by atoms with Gasteiger partial charge in [-0.15, -0.1) is 0 Å². The van der Waals surface area contributed by atoms with Crippen LogP contribution in [0.25, 0.3) is 0 Å². The van der Waals surface area contributed by atoms with E-state index in [9.17, 15) is 36.2 Å². The van der Waals surface area contributed by atoms with Crippen molar-refractivity contribution in [2.75, 3.05) is 6.61 Å². The molecule has 10 heteroatoms. The number of nitrogens with one attached hydrogen (secondary N) is 1. The lowest BCUT2D eigenvalue weighted by molar-refractivity contribution is -0.142. The Labute approximate surface area is 211 Å². The monoisotopic (exact) mass is 529 g/mol. The van der Waals surface area contributed by atoms with Crippen molar-refractivity contribution in [2.45, 2.75) is 63.5 Å². The van der Waals surface area contributed by atoms with Crippen LogP contribution in [0, 0.1) is 17.8 Å². The summed E-state index contributed by atoms with van der Waals surface area (Å²) in [5.74, 6) is -0.261. The Morgan fingerprint density at radius 1 is 1.05 bits per heavy atom. The molecular weight excluding hydrogens is 500 g/mol. The van der Waals surface area contributed by atoms with Crippen molar-refractivity contribution in [1.82, 2.24) is 5.32 Å². The Balaban J connectivity index is 1.30. The summed E-state index contributed by atoms with van der Waals surface area (Å²) in [4.78, 5) is 11.6. The Bertz CT molecular complexity index is 1110. The molecule has 2 unspecified atom stereocenters. The van der Waals surface area contributed by atoms with Gasteiger partial charge in [0.25, 0.3) is 0 Å². The molecule has 202 valence electrons. The summed E-state index contributed by atoms with van der Waals surface area (Å²) in [6.45, 7) is 1.79. The fourth-order valence-electron chi connectivity index (χ4n) is 5.09. The number of rotatable bonds is 10. The third kappa shape index (κ3) is 6.77. The number of carbonyl (C=O) groups is 1. The second-order valence-electron chi connectivity index (χ2n) is 10.2. The van der Waals surface area contributed by atoms with Crippen LogP contribution >= 0.6 is 0 Å². The van der Waals surface area contributed by atoms with Crippen molar-refractivity contribution in [3.63, 3.8) is 0 Å². The van der Waals surface area contributed by atoms with Crippen LogP contribution < -0.4 is 10.1 Å². The van der Waals surface area contributed by atoms with Crippen LogP contribution in [-0.2, 0) is 23.7 Å². The van der Waals surface area contributed by atoms with E-state index in [-0.39, 0.29) is 24.4 Å². The Morgan fingerprint density at radius 3 is 2.35 bits per heavy atom. The summed E-state index contributed by atoms with van der Waals surface area (Å²) in [7, 11) is 0. The standard InChI is InChI=1S/C27H29F6NO3/c1-15(25(35)36)24(17-5-6-17)18-3-2-4-22(12-18)37-14-16-9-21(10-16)34-13-19-11-20(26(28,29)30)7-8-23(19)27(31,32)33/h2-4,7-8,11-12,15-17,21,24,34H,5-6,9-10,13-14H2,1H3,(H,35,36). The van der Waals surface area contributed by atoms with Gasteiger partial charge in [-0.25, -0.2) is 0 Å². The molecule has 4 nitrogen and oxygen atoms in total. The largest absolute Gasteiger partial charge is 0.493 e. The van der Waals surface area contributed by atoms with E-state index in [1.54, 1.807) is 13.0 Å². The van der Waals surface area contributed by atoms with E-state index >= 15 is 0 Å². The first-order valence-electron chi connectivity index (χ1n) is 12.3. The fourth-order valence-corrected chi connectivity index (χ4v) is 5.09. The van der Waals surface area contributed by atoms with Crippen molar-refractivity contribution in [1.29, 1.82) is 0 Å². The molecule has 0 saturated heterocycles. The zero-order chi connectivity index (χ0) is 27.0. The van der Waals surface area contributed by atoms with Crippen molar-refractivity contribution in [3.05, 3.63) is 64.7 Å². The van der Waals surface area contributed by atoms with Crippen LogP contribution in [0.3, 0.4) is 0 Å². The number of aliphatic carboxylic acids is 1. The van der Waals surface area contributed by atoms with Gasteiger partial charge >= 0.3 is 18.3 Å². The second kappa shape index (κ2) is 10.6. The average Bonchev–Trinajstić information content (AvgIpc) is 3.61. The summed E-state index contributed by atoms with van der Waals surface area (Å²) >= 11 is 0. The predicted molar refractivity (Wildman–Crippen MR) is 124 cm³/mol. The maximum Gasteiger partial charge on any atom is 0.416 e. The number of ether oxygens (including phenoxy) is 1. The zero-order valence-electron chi connectivity index (χ0n) is 20.2. The van der Waals surface area contributed by atoms with Gasteiger partial charge in [0.05, 0.1) is 23.7 Å². The molecular formula is C27H29F6NO3. The number of carboxylic acids is 1. The molecule has 2 fully saturated rings. The van der Waals surface area contributed by atoms with Crippen LogP contribution in [0.15, 0.2) is 42.5 Å². The van der Waals surface area contributed by atoms with Crippen molar-refractivity contribution in [2.24, 2.45) is 17.8 Å². The molecule has 0 radical (unpaired) electrons. The van der Waals surface area contributed by atoms with Crippen molar-refractivity contribution < 1.29 is 41.0 Å². The highest BCUT2D eigenvalue weighted by Crippen LogP contribution is 2.47. The molecule has 2 aliphatic carbocycles. The number of halogens is 6. The molecule has 2 saturated carbocycles. The molecule has 2 aromatic carbocycles. The van der Waals surface area contributed by atoms with Gasteiger partial charge in [-0.3, -0.25) is 4.79 Å². The molecule has 37 heavy (non-hydrogen) atoms. The van der Waals surface area contributed by atoms with E-state index in [0.29, 0.717) is 49.3 Å². The average molecular weight is 530 g/mol. The van der Waals surface area contributed by atoms with E-state index in [0.717, 1.165) is 18.4 Å². The van der Waals surface area contributed by atoms with E-state index in [1.165, 1.54) is 0 Å². The normalized spacial score (nSPS) is 21.7. The minimum absolute atomic E-state index is 0.0734. The highest BCUT2D eigenvalue weighted by Gasteiger charge is 2.39. The van der Waals surface area contributed by atoms with Gasteiger partial charge in [-0.2, -0.15) is 26.3 Å². The highest BCUT2D eigenvalue weighted by molar-refractivity contribution is 5.71. The third-order valence-corrected chi connectivity index (χ3v) is 7.34. The molecule has 4 rings (SSSR count). The van der Waals surface area contributed by atoms with Crippen LogP contribution in [0.5, 0.6) is 5.75 Å². The maximum absolute atomic E-state index is 13.3. The Morgan fingerprint density at radius 2 is 1.76 bits per heavy atom. The highest BCUT2D eigenvalue weighted by atomic mass is 19.4. The van der Waals surface area contributed by atoms with Gasteiger partial charge in [-0.05, 0) is 84.9 Å². The lowest BCUT2D eigenvalue weighted by atomic mass is 9.80. The number of alkyl halides is 6. The lowest BCUT2D eigenvalue weighted by Crippen LogP contribution is -2.43. The predicted octanol–water partition coefficient (Wildman–Crippen LogP) is 6.89. The smallest absolute Gasteiger partial charge is 0.416 e. The van der Waals surface area contributed by atoms with Gasteiger partial charge < -0.3 is 15.2 Å². The SMILES string of the molecule is CC(C(=O)O)C(c1cccc(OCC2CC(NCc3cc(C(F)(F)F)ccc3C(F)(F)F)C2)c1)C1CC1. The second-order valence-corrected chi connectivity index (χ2v) is 10.2. The first-order chi connectivity index (χ1) is 17.3. The molecule has 2 aromatic rings. The molecule has 0 bridgehead atoms. The molecule has 2 aliphatic rings. The zero-order valence-corrected chi connectivity index (χ0v) is 20.2. The molecule has 0 heterocycles. The van der Waals surface area contributed by atoms with Crippen molar-refractivity contribution in [3.8, 4) is 5.75 Å². The molecule has 2 N–H and O–H groups in total. The molecule has 0 aliphatic heterocycles. The van der Waals surface area contributed by atoms with E-state index in [4.69, 9.17) is 4.74 Å². The molecule has 0 amide bonds. The van der Waals surface area contributed by atoms with E-state index in [1.807, 2.05) is 18.2 Å². The van der Waals surface area contributed by atoms with Crippen LogP contribution in [-0.4, -0.2) is 23.7 Å². The summed E-state index contributed by atoms with van der Waals surface area (Å²) in [5, 5.41) is 12.4. The van der Waals surface area contributed by atoms with Crippen molar-refractivity contribution >= 4 is 5.97 Å². The number of hydrogen-bond donors (Lipinski definition) is 2. The third-order valence-electron chi connectivity index (χ3n) is 7.34. The molecule has 0 aromatic heterocycles. The minimum atomic E-state index is -4.74. The van der Waals surface area contributed by atoms with Gasteiger partial charge in [0, 0.05) is 12.6 Å². The topological polar surface area (TPSA) is 58.6 Å². The van der Waals surface area contributed by atoms with Gasteiger partial charge in [0.1, 0.15) is 5.75 Å². The quantitative estimate of drug-likeness (QED) is 0.329. The van der Waals surface area contributed by atoms with Crippen LogP contribution in [0.1, 0.15) is 60.8 Å². The minimum Gasteiger partial charge on any atom is -0.493 e. The lowest BCUT2D eigenvalue weighted by Gasteiger charge is -2.36. The number of benzene rings is 2. The maximum atomic E-state index is 13.3. The molecule has 0 spiro atoms. The van der Waals surface area contributed by atoms with Gasteiger partial charge in [0.2, 0.25) is 0 Å². The first kappa shape index (κ1) is 27.3.